The predicted molar refractivity (Wildman–Crippen MR) is 73.6 cm³/mol. The standard InChI is InChI=1S/C11H15Cl2NO2.ClH/c1-7(15)5-14-6-8-3-9(12)4-10(13)11(8)16-2;/h3-4,7,14-15H,5-6H2,1-2H3;1H. The highest BCUT2D eigenvalue weighted by Crippen LogP contribution is 2.31. The van der Waals surface area contributed by atoms with Gasteiger partial charge in [0, 0.05) is 23.7 Å². The van der Waals surface area contributed by atoms with Crippen LogP contribution in [0, 0.1) is 0 Å². The molecular weight excluding hydrogens is 284 g/mol. The van der Waals surface area contributed by atoms with E-state index >= 15 is 0 Å². The lowest BCUT2D eigenvalue weighted by molar-refractivity contribution is 0.191. The highest BCUT2D eigenvalue weighted by atomic mass is 35.5. The Morgan fingerprint density at radius 3 is 2.59 bits per heavy atom. The molecule has 0 aliphatic carbocycles. The van der Waals surface area contributed by atoms with E-state index in [4.69, 9.17) is 33.0 Å². The molecule has 1 unspecified atom stereocenters. The number of hydrogen-bond donors (Lipinski definition) is 2. The molecule has 1 aromatic rings. The van der Waals surface area contributed by atoms with Crippen LogP contribution < -0.4 is 10.1 Å². The smallest absolute Gasteiger partial charge is 0.142 e. The maximum atomic E-state index is 9.12. The van der Waals surface area contributed by atoms with Gasteiger partial charge in [0.05, 0.1) is 18.2 Å². The van der Waals surface area contributed by atoms with Gasteiger partial charge in [-0.25, -0.2) is 0 Å². The molecule has 0 fully saturated rings. The van der Waals surface area contributed by atoms with E-state index in [0.29, 0.717) is 28.9 Å². The van der Waals surface area contributed by atoms with Gasteiger partial charge in [-0.15, -0.1) is 12.4 Å². The van der Waals surface area contributed by atoms with Crippen LogP contribution in [0.1, 0.15) is 12.5 Å². The minimum absolute atomic E-state index is 0. The SMILES string of the molecule is COc1c(Cl)cc(Cl)cc1CNCC(C)O.Cl. The van der Waals surface area contributed by atoms with Crippen LogP contribution in [0.25, 0.3) is 0 Å². The van der Waals surface area contributed by atoms with Crippen LogP contribution in [0.2, 0.25) is 10.0 Å². The molecule has 0 spiro atoms. The summed E-state index contributed by atoms with van der Waals surface area (Å²) >= 11 is 11.9. The molecule has 0 aromatic heterocycles. The summed E-state index contributed by atoms with van der Waals surface area (Å²) < 4.78 is 5.20. The Morgan fingerprint density at radius 2 is 2.06 bits per heavy atom. The van der Waals surface area contributed by atoms with Crippen molar-refractivity contribution in [2.75, 3.05) is 13.7 Å². The topological polar surface area (TPSA) is 41.5 Å². The van der Waals surface area contributed by atoms with Gasteiger partial charge in [-0.3, -0.25) is 0 Å². The molecular formula is C11H16Cl3NO2. The fourth-order valence-corrected chi connectivity index (χ4v) is 2.00. The summed E-state index contributed by atoms with van der Waals surface area (Å²) in [5, 5.41) is 13.3. The Balaban J connectivity index is 0.00000256. The van der Waals surface area contributed by atoms with E-state index in [9.17, 15) is 0 Å². The number of benzene rings is 1. The van der Waals surface area contributed by atoms with E-state index in [1.807, 2.05) is 0 Å². The molecule has 0 bridgehead atoms. The summed E-state index contributed by atoms with van der Waals surface area (Å²) in [5.74, 6) is 0.615. The van der Waals surface area contributed by atoms with Crippen molar-refractivity contribution in [3.8, 4) is 5.75 Å². The van der Waals surface area contributed by atoms with Gasteiger partial charge in [-0.1, -0.05) is 23.2 Å². The van der Waals surface area contributed by atoms with Crippen LogP contribution in [0.4, 0.5) is 0 Å². The summed E-state index contributed by atoms with van der Waals surface area (Å²) in [5.41, 5.74) is 0.876. The van der Waals surface area contributed by atoms with Crippen LogP contribution in [0.5, 0.6) is 5.75 Å². The van der Waals surface area contributed by atoms with Crippen molar-refractivity contribution in [3.63, 3.8) is 0 Å². The Hall–Kier alpha value is -0.190. The number of ether oxygens (including phenoxy) is 1. The lowest BCUT2D eigenvalue weighted by Gasteiger charge is -2.12. The normalized spacial score (nSPS) is 11.8. The zero-order valence-electron chi connectivity index (χ0n) is 9.67. The van der Waals surface area contributed by atoms with E-state index in [1.165, 1.54) is 0 Å². The zero-order chi connectivity index (χ0) is 12.1. The molecule has 0 saturated carbocycles. The average molecular weight is 301 g/mol. The quantitative estimate of drug-likeness (QED) is 0.878. The van der Waals surface area contributed by atoms with E-state index in [2.05, 4.69) is 5.32 Å². The monoisotopic (exact) mass is 299 g/mol. The minimum Gasteiger partial charge on any atom is -0.495 e. The fourth-order valence-electron chi connectivity index (χ4n) is 1.39. The molecule has 17 heavy (non-hydrogen) atoms. The largest absolute Gasteiger partial charge is 0.495 e. The maximum absolute atomic E-state index is 9.12. The van der Waals surface area contributed by atoms with Gasteiger partial charge in [-0.05, 0) is 19.1 Å². The van der Waals surface area contributed by atoms with Crippen LogP contribution in [0.15, 0.2) is 12.1 Å². The summed E-state index contributed by atoms with van der Waals surface area (Å²) in [6, 6.07) is 3.43. The van der Waals surface area contributed by atoms with Crippen molar-refractivity contribution in [1.29, 1.82) is 0 Å². The average Bonchev–Trinajstić information content (AvgIpc) is 2.16. The van der Waals surface area contributed by atoms with Crippen LogP contribution in [0.3, 0.4) is 0 Å². The lowest BCUT2D eigenvalue weighted by atomic mass is 10.2. The molecule has 0 aliphatic rings. The highest BCUT2D eigenvalue weighted by Gasteiger charge is 2.09. The second kappa shape index (κ2) is 8.01. The number of rotatable bonds is 5. The van der Waals surface area contributed by atoms with Gasteiger partial charge < -0.3 is 15.2 Å². The van der Waals surface area contributed by atoms with Crippen molar-refractivity contribution in [3.05, 3.63) is 27.7 Å². The predicted octanol–water partition coefficient (Wildman–Crippen LogP) is 2.89. The molecule has 3 nitrogen and oxygen atoms in total. The van der Waals surface area contributed by atoms with Gasteiger partial charge in [0.15, 0.2) is 0 Å². The molecule has 0 heterocycles. The molecule has 0 amide bonds. The van der Waals surface area contributed by atoms with Gasteiger partial charge in [-0.2, -0.15) is 0 Å². The Bertz CT molecular complexity index is 359. The molecule has 6 heteroatoms. The Morgan fingerprint density at radius 1 is 1.41 bits per heavy atom. The molecule has 1 aromatic carbocycles. The first-order valence-electron chi connectivity index (χ1n) is 4.95. The van der Waals surface area contributed by atoms with Crippen molar-refractivity contribution >= 4 is 35.6 Å². The number of halogens is 3. The Labute approximate surface area is 117 Å². The van der Waals surface area contributed by atoms with Crippen molar-refractivity contribution in [1.82, 2.24) is 5.32 Å². The maximum Gasteiger partial charge on any atom is 0.142 e. The van der Waals surface area contributed by atoms with Gasteiger partial charge in [0.1, 0.15) is 5.75 Å². The van der Waals surface area contributed by atoms with Crippen molar-refractivity contribution < 1.29 is 9.84 Å². The van der Waals surface area contributed by atoms with Crippen molar-refractivity contribution in [2.45, 2.75) is 19.6 Å². The van der Waals surface area contributed by atoms with Crippen LogP contribution in [-0.2, 0) is 6.54 Å². The number of aliphatic hydroxyl groups excluding tert-OH is 1. The number of aliphatic hydroxyl groups is 1. The first-order valence-corrected chi connectivity index (χ1v) is 5.71. The molecule has 1 atom stereocenters. The van der Waals surface area contributed by atoms with E-state index in [1.54, 1.807) is 26.2 Å². The number of hydrogen-bond acceptors (Lipinski definition) is 3. The number of nitrogens with one attached hydrogen (secondary N) is 1. The molecule has 1 rings (SSSR count). The summed E-state index contributed by atoms with van der Waals surface area (Å²) in [7, 11) is 1.56. The van der Waals surface area contributed by atoms with Gasteiger partial charge >= 0.3 is 0 Å². The first kappa shape index (κ1) is 16.8. The zero-order valence-corrected chi connectivity index (χ0v) is 12.0. The van der Waals surface area contributed by atoms with Crippen LogP contribution in [-0.4, -0.2) is 24.9 Å². The summed E-state index contributed by atoms with van der Waals surface area (Å²) in [6.07, 6.45) is -0.388. The molecule has 0 aliphatic heterocycles. The third-order valence-corrected chi connectivity index (χ3v) is 2.54. The number of methoxy groups -OCH3 is 1. The molecule has 0 radical (unpaired) electrons. The molecule has 98 valence electrons. The second-order valence-corrected chi connectivity index (χ2v) is 4.40. The third kappa shape index (κ3) is 5.32. The third-order valence-electron chi connectivity index (χ3n) is 2.04. The minimum atomic E-state index is -0.388. The van der Waals surface area contributed by atoms with Crippen LogP contribution >= 0.6 is 35.6 Å². The fraction of sp³-hybridized carbons (Fsp3) is 0.455. The van der Waals surface area contributed by atoms with Gasteiger partial charge in [0.2, 0.25) is 0 Å². The molecule has 0 saturated heterocycles. The second-order valence-electron chi connectivity index (χ2n) is 3.56. The highest BCUT2D eigenvalue weighted by molar-refractivity contribution is 6.35. The van der Waals surface area contributed by atoms with Crippen molar-refractivity contribution in [2.24, 2.45) is 0 Å². The lowest BCUT2D eigenvalue weighted by Crippen LogP contribution is -2.24. The summed E-state index contributed by atoms with van der Waals surface area (Å²) in [6.45, 7) is 2.77. The molecule has 2 N–H and O–H groups in total. The van der Waals surface area contributed by atoms with Gasteiger partial charge in [0.25, 0.3) is 0 Å². The summed E-state index contributed by atoms with van der Waals surface area (Å²) in [4.78, 5) is 0. The Kier molecular flexibility index (Phi) is 7.92. The van der Waals surface area contributed by atoms with E-state index in [-0.39, 0.29) is 18.5 Å². The van der Waals surface area contributed by atoms with E-state index in [0.717, 1.165) is 5.56 Å². The van der Waals surface area contributed by atoms with E-state index < -0.39 is 0 Å². The first-order chi connectivity index (χ1) is 7.54.